The molecule has 38 heavy (non-hydrogen) atoms. The maximum Gasteiger partial charge on any atom is 0.271 e. The van der Waals surface area contributed by atoms with E-state index < -0.39 is 11.9 Å². The number of nitrogens with zero attached hydrogens (tertiary/aromatic N) is 5. The highest BCUT2D eigenvalue weighted by Gasteiger charge is 2.30. The number of nitrogens with two attached hydrogens (primary N) is 1. The Bertz CT molecular complexity index is 1190. The van der Waals surface area contributed by atoms with E-state index in [4.69, 9.17) is 10.7 Å². The van der Waals surface area contributed by atoms with Gasteiger partial charge in [0.25, 0.3) is 5.91 Å². The molecule has 2 aromatic rings. The molecule has 4 N–H and O–H groups in total. The van der Waals surface area contributed by atoms with Crippen molar-refractivity contribution in [3.8, 4) is 0 Å². The fraction of sp³-hybridized carbons (Fsp3) is 0.481. The number of primary amides is 1. The average molecular weight is 523 g/mol. The zero-order valence-corrected chi connectivity index (χ0v) is 22.8. The van der Waals surface area contributed by atoms with E-state index in [0.29, 0.717) is 43.4 Å². The molecule has 1 aliphatic rings. The van der Waals surface area contributed by atoms with Gasteiger partial charge >= 0.3 is 0 Å². The molecule has 2 heterocycles. The van der Waals surface area contributed by atoms with Gasteiger partial charge in [-0.05, 0) is 58.3 Å². The molecule has 204 valence electrons. The maximum atomic E-state index is 12.6. The van der Waals surface area contributed by atoms with Gasteiger partial charge in [0.15, 0.2) is 11.5 Å². The molecule has 0 aliphatic heterocycles. The molecule has 1 fully saturated rings. The maximum absolute atomic E-state index is 12.6. The number of carbonyl (C=O) groups excluding carboxylic acids is 3. The van der Waals surface area contributed by atoms with Gasteiger partial charge in [-0.25, -0.2) is 9.97 Å². The number of aryl methyl sites for hydroxylation is 1. The Morgan fingerprint density at radius 1 is 1.18 bits per heavy atom. The van der Waals surface area contributed by atoms with Crippen LogP contribution in [0.1, 0.15) is 60.0 Å². The number of anilines is 2. The molecule has 0 aromatic carbocycles. The van der Waals surface area contributed by atoms with Gasteiger partial charge < -0.3 is 26.2 Å². The van der Waals surface area contributed by atoms with Crippen molar-refractivity contribution in [3.05, 3.63) is 53.3 Å². The van der Waals surface area contributed by atoms with E-state index in [1.807, 2.05) is 32.0 Å². The Hall–Kier alpha value is -3.86. The van der Waals surface area contributed by atoms with Crippen LogP contribution in [0, 0.1) is 0 Å². The summed E-state index contributed by atoms with van der Waals surface area (Å²) >= 11 is 0. The van der Waals surface area contributed by atoms with Crippen LogP contribution in [0.15, 0.2) is 30.6 Å². The molecule has 1 atom stereocenters. The summed E-state index contributed by atoms with van der Waals surface area (Å²) in [5.74, 6) is -0.416. The van der Waals surface area contributed by atoms with Crippen LogP contribution in [0.2, 0.25) is 0 Å². The van der Waals surface area contributed by atoms with Crippen molar-refractivity contribution in [1.82, 2.24) is 30.1 Å². The number of likely N-dealkylation sites (N-methyl/N-ethyl adjacent to an activating group) is 2. The lowest BCUT2D eigenvalue weighted by Gasteiger charge is -2.23. The molecule has 2 aromatic heterocycles. The Morgan fingerprint density at radius 3 is 2.55 bits per heavy atom. The standard InChI is InChI=1S/C27H38N8O3/c1-6-21-23(19-9-10-19)33-26(24(32-21)25(28)37)31-20-14-18(15-29-16-20)11-12-30-27(38)17(2)35(5)22(36)8-7-13-34(3)4/h7-8,14-17,19H,6,9-13H2,1-5H3,(H2,28,37)(H,30,38)(H,31,33)/b8-7+. The van der Waals surface area contributed by atoms with Gasteiger partial charge in [-0.1, -0.05) is 13.0 Å². The minimum atomic E-state index is -0.644. The highest BCUT2D eigenvalue weighted by molar-refractivity contribution is 5.96. The van der Waals surface area contributed by atoms with Crippen molar-refractivity contribution in [2.45, 2.75) is 51.5 Å². The number of nitrogens with one attached hydrogen (secondary N) is 2. The average Bonchev–Trinajstić information content (AvgIpc) is 3.73. The third kappa shape index (κ3) is 7.82. The fourth-order valence-electron chi connectivity index (χ4n) is 3.84. The lowest BCUT2D eigenvalue weighted by Crippen LogP contribution is -2.45. The summed E-state index contributed by atoms with van der Waals surface area (Å²) in [6, 6.07) is 1.26. The van der Waals surface area contributed by atoms with Gasteiger partial charge in [-0.15, -0.1) is 0 Å². The molecule has 0 spiro atoms. The SMILES string of the molecule is CCc1nc(C(N)=O)c(Nc2cncc(CCNC(=O)C(C)N(C)C(=O)/C=C/CN(C)C)c2)nc1C1CC1. The predicted octanol–water partition coefficient (Wildman–Crippen LogP) is 1.78. The summed E-state index contributed by atoms with van der Waals surface area (Å²) in [5, 5.41) is 6.04. The molecule has 11 heteroatoms. The molecule has 1 unspecified atom stereocenters. The summed E-state index contributed by atoms with van der Waals surface area (Å²) in [5.41, 5.74) is 8.93. The second kappa shape index (κ2) is 13.1. The number of aromatic nitrogens is 3. The molecule has 1 saturated carbocycles. The first-order valence-electron chi connectivity index (χ1n) is 12.9. The molecule has 0 bridgehead atoms. The van der Waals surface area contributed by atoms with E-state index in [2.05, 4.69) is 20.6 Å². The van der Waals surface area contributed by atoms with Crippen molar-refractivity contribution in [1.29, 1.82) is 0 Å². The van der Waals surface area contributed by atoms with Crippen LogP contribution in [-0.4, -0.2) is 82.7 Å². The number of pyridine rings is 1. The molecule has 3 rings (SSSR count). The minimum Gasteiger partial charge on any atom is -0.364 e. The van der Waals surface area contributed by atoms with E-state index in [1.54, 1.807) is 32.4 Å². The summed E-state index contributed by atoms with van der Waals surface area (Å²) in [6.45, 7) is 4.69. The predicted molar refractivity (Wildman–Crippen MR) is 146 cm³/mol. The molecule has 11 nitrogen and oxygen atoms in total. The van der Waals surface area contributed by atoms with E-state index in [-0.39, 0.29) is 17.5 Å². The van der Waals surface area contributed by atoms with Gasteiger partial charge in [0.05, 0.1) is 23.3 Å². The second-order valence-electron chi connectivity index (χ2n) is 9.78. The molecule has 1 aliphatic carbocycles. The normalized spacial score (nSPS) is 13.9. The second-order valence-corrected chi connectivity index (χ2v) is 9.78. The lowest BCUT2D eigenvalue weighted by atomic mass is 10.1. The Balaban J connectivity index is 1.60. The van der Waals surface area contributed by atoms with Gasteiger partial charge in [-0.3, -0.25) is 19.4 Å². The fourth-order valence-corrected chi connectivity index (χ4v) is 3.84. The van der Waals surface area contributed by atoms with Crippen LogP contribution < -0.4 is 16.4 Å². The number of carbonyl (C=O) groups is 3. The van der Waals surface area contributed by atoms with Crippen molar-refractivity contribution < 1.29 is 14.4 Å². The van der Waals surface area contributed by atoms with E-state index >= 15 is 0 Å². The molecule has 0 saturated heterocycles. The topological polar surface area (TPSA) is 146 Å². The van der Waals surface area contributed by atoms with Crippen molar-refractivity contribution in [2.75, 3.05) is 39.5 Å². The van der Waals surface area contributed by atoms with Gasteiger partial charge in [-0.2, -0.15) is 0 Å². The zero-order valence-electron chi connectivity index (χ0n) is 22.8. The summed E-state index contributed by atoms with van der Waals surface area (Å²) in [7, 11) is 5.43. The smallest absolute Gasteiger partial charge is 0.271 e. The van der Waals surface area contributed by atoms with E-state index in [1.165, 1.54) is 11.0 Å². The molecular formula is C27H38N8O3. The van der Waals surface area contributed by atoms with Crippen molar-refractivity contribution >= 4 is 29.2 Å². The number of amides is 3. The number of rotatable bonds is 13. The molecule has 3 amide bonds. The monoisotopic (exact) mass is 522 g/mol. The highest BCUT2D eigenvalue weighted by atomic mass is 16.2. The van der Waals surface area contributed by atoms with Gasteiger partial charge in [0, 0.05) is 38.3 Å². The van der Waals surface area contributed by atoms with Crippen LogP contribution in [0.5, 0.6) is 0 Å². The Morgan fingerprint density at radius 2 is 1.92 bits per heavy atom. The van der Waals surface area contributed by atoms with Crippen molar-refractivity contribution in [2.24, 2.45) is 5.73 Å². The largest absolute Gasteiger partial charge is 0.364 e. The third-order valence-electron chi connectivity index (χ3n) is 6.34. The number of hydrogen-bond acceptors (Lipinski definition) is 8. The van der Waals surface area contributed by atoms with Crippen LogP contribution >= 0.6 is 0 Å². The van der Waals surface area contributed by atoms with Crippen LogP contribution in [0.4, 0.5) is 11.5 Å². The lowest BCUT2D eigenvalue weighted by molar-refractivity contribution is -0.135. The minimum absolute atomic E-state index is 0.105. The van der Waals surface area contributed by atoms with Gasteiger partial charge in [0.1, 0.15) is 6.04 Å². The zero-order chi connectivity index (χ0) is 27.8. The number of hydrogen-bond donors (Lipinski definition) is 3. The summed E-state index contributed by atoms with van der Waals surface area (Å²) in [4.78, 5) is 53.8. The first-order valence-corrected chi connectivity index (χ1v) is 12.9. The Kier molecular flexibility index (Phi) is 9.89. The first-order chi connectivity index (χ1) is 18.1. The Labute approximate surface area is 223 Å². The van der Waals surface area contributed by atoms with E-state index in [0.717, 1.165) is 29.8 Å². The molecule has 0 radical (unpaired) electrons. The summed E-state index contributed by atoms with van der Waals surface area (Å²) < 4.78 is 0. The first kappa shape index (κ1) is 28.7. The quantitative estimate of drug-likeness (QED) is 0.337. The van der Waals surface area contributed by atoms with Crippen LogP contribution in [0.25, 0.3) is 0 Å². The van der Waals surface area contributed by atoms with Crippen LogP contribution in [0.3, 0.4) is 0 Å². The third-order valence-corrected chi connectivity index (χ3v) is 6.34. The van der Waals surface area contributed by atoms with Crippen LogP contribution in [-0.2, 0) is 22.4 Å². The molecular weight excluding hydrogens is 484 g/mol. The van der Waals surface area contributed by atoms with E-state index in [9.17, 15) is 14.4 Å². The summed E-state index contributed by atoms with van der Waals surface area (Å²) in [6.07, 6.45) is 9.92. The van der Waals surface area contributed by atoms with Crippen molar-refractivity contribution in [3.63, 3.8) is 0 Å². The van der Waals surface area contributed by atoms with Gasteiger partial charge in [0.2, 0.25) is 11.8 Å². The highest BCUT2D eigenvalue weighted by Crippen LogP contribution is 2.41.